The number of nitrogens with one attached hydrogen (secondary N) is 1. The van der Waals surface area contributed by atoms with E-state index in [2.05, 4.69) is 15.5 Å². The predicted octanol–water partition coefficient (Wildman–Crippen LogP) is 4.12. The molecule has 6 nitrogen and oxygen atoms in total. The maximum atomic E-state index is 12.2. The number of hydrazone groups is 1. The molecule has 0 unspecified atom stereocenters. The van der Waals surface area contributed by atoms with Crippen LogP contribution in [0.2, 0.25) is 0 Å². The Morgan fingerprint density at radius 3 is 3.00 bits per heavy atom. The Kier molecular flexibility index (Phi) is 4.61. The fourth-order valence-electron chi connectivity index (χ4n) is 2.08. The fourth-order valence-corrected chi connectivity index (χ4v) is 2.73. The summed E-state index contributed by atoms with van der Waals surface area (Å²) in [6.07, 6.45) is 0.862. The van der Waals surface area contributed by atoms with Crippen molar-refractivity contribution < 1.29 is 9.15 Å². The first-order valence-electron chi connectivity index (χ1n) is 7.47. The highest BCUT2D eigenvalue weighted by atomic mass is 32.1. The SMILES string of the molecule is CC/C(C)=N/Nc1nc(-c2cc3cc(OC)ccc3oc2=O)cs1. The van der Waals surface area contributed by atoms with E-state index in [1.807, 2.05) is 19.9 Å². The molecule has 0 fully saturated rings. The summed E-state index contributed by atoms with van der Waals surface area (Å²) in [4.78, 5) is 16.6. The van der Waals surface area contributed by atoms with Crippen LogP contribution in [0.1, 0.15) is 20.3 Å². The minimum Gasteiger partial charge on any atom is -0.497 e. The lowest BCUT2D eigenvalue weighted by molar-refractivity contribution is 0.415. The van der Waals surface area contributed by atoms with E-state index in [9.17, 15) is 4.79 Å². The summed E-state index contributed by atoms with van der Waals surface area (Å²) < 4.78 is 10.6. The van der Waals surface area contributed by atoms with Crippen molar-refractivity contribution in [2.24, 2.45) is 5.10 Å². The quantitative estimate of drug-likeness (QED) is 0.428. The molecule has 0 atom stereocenters. The van der Waals surface area contributed by atoms with Crippen LogP contribution in [-0.2, 0) is 0 Å². The van der Waals surface area contributed by atoms with Gasteiger partial charge in [-0.2, -0.15) is 5.10 Å². The second kappa shape index (κ2) is 6.84. The number of hydrogen-bond donors (Lipinski definition) is 1. The minimum atomic E-state index is -0.419. The molecule has 3 rings (SSSR count). The zero-order valence-corrected chi connectivity index (χ0v) is 14.4. The zero-order chi connectivity index (χ0) is 17.1. The van der Waals surface area contributed by atoms with E-state index >= 15 is 0 Å². The van der Waals surface area contributed by atoms with Crippen molar-refractivity contribution in [3.05, 3.63) is 40.1 Å². The molecule has 24 heavy (non-hydrogen) atoms. The van der Waals surface area contributed by atoms with Gasteiger partial charge in [-0.05, 0) is 37.6 Å². The summed E-state index contributed by atoms with van der Waals surface area (Å²) in [5, 5.41) is 7.43. The van der Waals surface area contributed by atoms with E-state index < -0.39 is 5.63 Å². The number of aromatic nitrogens is 1. The summed E-state index contributed by atoms with van der Waals surface area (Å²) in [7, 11) is 1.60. The van der Waals surface area contributed by atoms with Gasteiger partial charge < -0.3 is 9.15 Å². The van der Waals surface area contributed by atoms with Gasteiger partial charge in [0.15, 0.2) is 0 Å². The van der Waals surface area contributed by atoms with Crippen LogP contribution in [-0.4, -0.2) is 17.8 Å². The topological polar surface area (TPSA) is 76.7 Å². The standard InChI is InChI=1S/C17H17N3O3S/c1-4-10(2)19-20-17-18-14(9-24-17)13-8-11-7-12(22-3)5-6-15(11)23-16(13)21/h5-9H,4H2,1-3H3,(H,18,20)/b19-10+. The van der Waals surface area contributed by atoms with Crippen molar-refractivity contribution in [3.63, 3.8) is 0 Å². The van der Waals surface area contributed by atoms with Gasteiger partial charge >= 0.3 is 5.63 Å². The van der Waals surface area contributed by atoms with Gasteiger partial charge in [0.2, 0.25) is 5.13 Å². The van der Waals surface area contributed by atoms with Crippen LogP contribution < -0.4 is 15.8 Å². The first kappa shape index (κ1) is 16.2. The molecule has 1 N–H and O–H groups in total. The van der Waals surface area contributed by atoms with Crippen LogP contribution in [0.4, 0.5) is 5.13 Å². The summed E-state index contributed by atoms with van der Waals surface area (Å²) in [6, 6.07) is 7.06. The Bertz CT molecular complexity index is 959. The number of thiazole rings is 1. The molecule has 0 aliphatic rings. The third kappa shape index (κ3) is 3.30. The molecule has 124 valence electrons. The van der Waals surface area contributed by atoms with Crippen LogP contribution in [0.5, 0.6) is 5.75 Å². The number of hydrogen-bond acceptors (Lipinski definition) is 7. The first-order chi connectivity index (χ1) is 11.6. The van der Waals surface area contributed by atoms with Gasteiger partial charge in [-0.1, -0.05) is 6.92 Å². The molecule has 2 heterocycles. The van der Waals surface area contributed by atoms with E-state index in [0.29, 0.717) is 27.7 Å². The van der Waals surface area contributed by atoms with Gasteiger partial charge in [0, 0.05) is 16.5 Å². The Morgan fingerprint density at radius 2 is 2.25 bits per heavy atom. The van der Waals surface area contributed by atoms with E-state index in [1.165, 1.54) is 11.3 Å². The summed E-state index contributed by atoms with van der Waals surface area (Å²) >= 11 is 1.38. The molecule has 3 aromatic rings. The number of fused-ring (bicyclic) bond motifs is 1. The molecule has 2 aromatic heterocycles. The molecule has 0 aliphatic heterocycles. The van der Waals surface area contributed by atoms with Crippen LogP contribution in [0.15, 0.2) is 44.0 Å². The number of methoxy groups -OCH3 is 1. The van der Waals surface area contributed by atoms with Gasteiger partial charge in [0.25, 0.3) is 0 Å². The number of anilines is 1. The third-order valence-corrected chi connectivity index (χ3v) is 4.32. The minimum absolute atomic E-state index is 0.413. The molecule has 0 radical (unpaired) electrons. The molecule has 0 amide bonds. The van der Waals surface area contributed by atoms with Crippen molar-refractivity contribution in [1.82, 2.24) is 4.98 Å². The van der Waals surface area contributed by atoms with Crippen molar-refractivity contribution >= 4 is 33.1 Å². The van der Waals surface area contributed by atoms with E-state index in [-0.39, 0.29) is 0 Å². The number of ether oxygens (including phenoxy) is 1. The zero-order valence-electron chi connectivity index (χ0n) is 13.6. The third-order valence-electron chi connectivity index (χ3n) is 3.57. The van der Waals surface area contributed by atoms with Crippen LogP contribution in [0, 0.1) is 0 Å². The maximum Gasteiger partial charge on any atom is 0.345 e. The molecule has 1 aromatic carbocycles. The summed E-state index contributed by atoms with van der Waals surface area (Å²) in [5.74, 6) is 0.701. The highest BCUT2D eigenvalue weighted by Crippen LogP contribution is 2.27. The van der Waals surface area contributed by atoms with Gasteiger partial charge in [0.1, 0.15) is 11.3 Å². The molecular weight excluding hydrogens is 326 g/mol. The van der Waals surface area contributed by atoms with Crippen molar-refractivity contribution in [2.45, 2.75) is 20.3 Å². The van der Waals surface area contributed by atoms with Crippen LogP contribution >= 0.6 is 11.3 Å². The Morgan fingerprint density at radius 1 is 1.42 bits per heavy atom. The Balaban J connectivity index is 1.98. The predicted molar refractivity (Wildman–Crippen MR) is 97.2 cm³/mol. The van der Waals surface area contributed by atoms with Gasteiger partial charge in [-0.25, -0.2) is 9.78 Å². The maximum absolute atomic E-state index is 12.2. The Labute approximate surface area is 142 Å². The molecule has 7 heteroatoms. The Hall–Kier alpha value is -2.67. The molecule has 0 spiro atoms. The lowest BCUT2D eigenvalue weighted by atomic mass is 10.1. The monoisotopic (exact) mass is 343 g/mol. The number of benzene rings is 1. The highest BCUT2D eigenvalue weighted by Gasteiger charge is 2.12. The lowest BCUT2D eigenvalue weighted by Crippen LogP contribution is -2.03. The van der Waals surface area contributed by atoms with Crippen molar-refractivity contribution in [1.29, 1.82) is 0 Å². The van der Waals surface area contributed by atoms with E-state index in [1.54, 1.807) is 30.7 Å². The van der Waals surface area contributed by atoms with Gasteiger partial charge in [-0.15, -0.1) is 11.3 Å². The second-order valence-electron chi connectivity index (χ2n) is 5.20. The van der Waals surface area contributed by atoms with E-state index in [0.717, 1.165) is 17.5 Å². The average Bonchev–Trinajstić information content (AvgIpc) is 3.07. The molecule has 0 bridgehead atoms. The van der Waals surface area contributed by atoms with Gasteiger partial charge in [-0.3, -0.25) is 5.43 Å². The van der Waals surface area contributed by atoms with E-state index in [4.69, 9.17) is 9.15 Å². The van der Waals surface area contributed by atoms with Gasteiger partial charge in [0.05, 0.1) is 18.4 Å². The highest BCUT2D eigenvalue weighted by molar-refractivity contribution is 7.14. The number of nitrogens with zero attached hydrogens (tertiary/aromatic N) is 2. The van der Waals surface area contributed by atoms with Crippen LogP contribution in [0.3, 0.4) is 0 Å². The normalized spacial score (nSPS) is 11.7. The molecule has 0 saturated heterocycles. The van der Waals surface area contributed by atoms with Crippen LogP contribution in [0.25, 0.3) is 22.2 Å². The summed E-state index contributed by atoms with van der Waals surface area (Å²) in [5.41, 5.74) is 4.95. The number of rotatable bonds is 5. The second-order valence-corrected chi connectivity index (χ2v) is 6.06. The first-order valence-corrected chi connectivity index (χ1v) is 8.35. The fraction of sp³-hybridized carbons (Fsp3) is 0.235. The smallest absolute Gasteiger partial charge is 0.345 e. The lowest BCUT2D eigenvalue weighted by Gasteiger charge is -2.03. The summed E-state index contributed by atoms with van der Waals surface area (Å²) in [6.45, 7) is 3.97. The molecule has 0 saturated carbocycles. The largest absolute Gasteiger partial charge is 0.497 e. The average molecular weight is 343 g/mol. The van der Waals surface area contributed by atoms with Crippen molar-refractivity contribution in [3.8, 4) is 17.0 Å². The van der Waals surface area contributed by atoms with Crippen molar-refractivity contribution in [2.75, 3.05) is 12.5 Å². The molecule has 0 aliphatic carbocycles. The molecular formula is C17H17N3O3S.